The number of nitrogens with two attached hydrogens (primary N) is 1. The molecular weight excluding hydrogens is 246 g/mol. The Morgan fingerprint density at radius 1 is 1.58 bits per heavy atom. The molecule has 1 saturated heterocycles. The van der Waals surface area contributed by atoms with Crippen molar-refractivity contribution in [1.82, 2.24) is 4.90 Å². The molecule has 6 nitrogen and oxygen atoms in total. The minimum absolute atomic E-state index is 0.0507. The van der Waals surface area contributed by atoms with Crippen molar-refractivity contribution in [2.45, 2.75) is 25.9 Å². The van der Waals surface area contributed by atoms with E-state index in [1.54, 1.807) is 12.1 Å². The molecule has 1 aliphatic heterocycles. The largest absolute Gasteiger partial charge is 0.395 e. The Kier molecular flexibility index (Phi) is 4.01. The van der Waals surface area contributed by atoms with E-state index >= 15 is 0 Å². The molecule has 19 heavy (non-hydrogen) atoms. The van der Waals surface area contributed by atoms with E-state index in [9.17, 15) is 15.2 Å². The number of likely N-dealkylation sites (tertiary alicyclic amines) is 1. The second-order valence-electron chi connectivity index (χ2n) is 5.09. The number of nitrogens with zero attached hydrogens (tertiary/aromatic N) is 2. The number of aliphatic hydroxyl groups is 1. The van der Waals surface area contributed by atoms with Crippen LogP contribution >= 0.6 is 0 Å². The van der Waals surface area contributed by atoms with E-state index < -0.39 is 4.92 Å². The van der Waals surface area contributed by atoms with Crippen molar-refractivity contribution in [1.29, 1.82) is 0 Å². The van der Waals surface area contributed by atoms with Crippen LogP contribution in [0.4, 0.5) is 11.4 Å². The predicted octanol–water partition coefficient (Wildman–Crippen LogP) is 1.38. The molecule has 6 heteroatoms. The topological polar surface area (TPSA) is 92.6 Å². The number of anilines is 1. The highest BCUT2D eigenvalue weighted by Crippen LogP contribution is 2.30. The first-order chi connectivity index (χ1) is 9.04. The Morgan fingerprint density at radius 3 is 2.95 bits per heavy atom. The molecule has 3 N–H and O–H groups in total. The fraction of sp³-hybridized carbons (Fsp3) is 0.538. The normalized spacial score (nSPS) is 23.7. The van der Waals surface area contributed by atoms with E-state index in [-0.39, 0.29) is 24.0 Å². The molecule has 0 aliphatic carbocycles. The van der Waals surface area contributed by atoms with Gasteiger partial charge in [0.2, 0.25) is 0 Å². The third-order valence-corrected chi connectivity index (χ3v) is 3.93. The maximum absolute atomic E-state index is 10.9. The summed E-state index contributed by atoms with van der Waals surface area (Å²) in [7, 11) is 0. The summed E-state index contributed by atoms with van der Waals surface area (Å²) in [6, 6.07) is 4.98. The number of nitro benzene ring substituents is 1. The van der Waals surface area contributed by atoms with Crippen molar-refractivity contribution < 1.29 is 10.0 Å². The predicted molar refractivity (Wildman–Crippen MR) is 72.6 cm³/mol. The van der Waals surface area contributed by atoms with Gasteiger partial charge in [-0.15, -0.1) is 0 Å². The van der Waals surface area contributed by atoms with Gasteiger partial charge in [0.15, 0.2) is 0 Å². The first-order valence-electron chi connectivity index (χ1n) is 6.41. The van der Waals surface area contributed by atoms with Gasteiger partial charge in [-0.1, -0.05) is 19.1 Å². The zero-order valence-corrected chi connectivity index (χ0v) is 11.0. The molecule has 1 aliphatic rings. The molecule has 0 spiro atoms. The number of benzene rings is 1. The third-order valence-electron chi connectivity index (χ3n) is 3.93. The van der Waals surface area contributed by atoms with Crippen molar-refractivity contribution in [2.75, 3.05) is 18.9 Å². The highest BCUT2D eigenvalue weighted by molar-refractivity contribution is 5.62. The minimum atomic E-state index is -0.463. The number of nitrogen functional groups attached to an aromatic ring is 1. The SMILES string of the molecule is CC1CCN(Cc2cccc([N+](=O)[O-])c2N)C1CO. The fourth-order valence-corrected chi connectivity index (χ4v) is 2.69. The molecule has 1 aromatic rings. The summed E-state index contributed by atoms with van der Waals surface area (Å²) in [6.07, 6.45) is 1.03. The number of hydrogen-bond donors (Lipinski definition) is 2. The molecule has 2 unspecified atom stereocenters. The summed E-state index contributed by atoms with van der Waals surface area (Å²) in [5.74, 6) is 0.435. The molecule has 0 saturated carbocycles. The summed E-state index contributed by atoms with van der Waals surface area (Å²) in [5.41, 5.74) is 6.78. The van der Waals surface area contributed by atoms with Crippen LogP contribution in [-0.4, -0.2) is 34.1 Å². The van der Waals surface area contributed by atoms with Crippen molar-refractivity contribution in [2.24, 2.45) is 5.92 Å². The maximum Gasteiger partial charge on any atom is 0.292 e. The van der Waals surface area contributed by atoms with Crippen LogP contribution in [-0.2, 0) is 6.54 Å². The van der Waals surface area contributed by atoms with Gasteiger partial charge in [-0.05, 0) is 24.4 Å². The van der Waals surface area contributed by atoms with Crippen LogP contribution in [0.2, 0.25) is 0 Å². The lowest BCUT2D eigenvalue weighted by atomic mass is 10.0. The number of hydrogen-bond acceptors (Lipinski definition) is 5. The monoisotopic (exact) mass is 265 g/mol. The highest BCUT2D eigenvalue weighted by atomic mass is 16.6. The summed E-state index contributed by atoms with van der Waals surface area (Å²) in [4.78, 5) is 12.5. The molecule has 1 fully saturated rings. The van der Waals surface area contributed by atoms with Gasteiger partial charge in [0, 0.05) is 18.7 Å². The Labute approximate surface area is 112 Å². The van der Waals surface area contributed by atoms with Crippen LogP contribution < -0.4 is 5.73 Å². The Bertz CT molecular complexity index is 478. The second-order valence-corrected chi connectivity index (χ2v) is 5.09. The van der Waals surface area contributed by atoms with Crippen molar-refractivity contribution in [3.8, 4) is 0 Å². The summed E-state index contributed by atoms with van der Waals surface area (Å²) < 4.78 is 0. The lowest BCUT2D eigenvalue weighted by Gasteiger charge is -2.25. The number of nitro groups is 1. The molecule has 1 heterocycles. The summed E-state index contributed by atoms with van der Waals surface area (Å²) in [5, 5.41) is 20.3. The number of aliphatic hydroxyl groups excluding tert-OH is 1. The van der Waals surface area contributed by atoms with E-state index in [4.69, 9.17) is 5.73 Å². The molecule has 0 bridgehead atoms. The van der Waals surface area contributed by atoms with E-state index in [2.05, 4.69) is 11.8 Å². The molecule has 2 rings (SSSR count). The van der Waals surface area contributed by atoms with Gasteiger partial charge < -0.3 is 10.8 Å². The quantitative estimate of drug-likeness (QED) is 0.487. The van der Waals surface area contributed by atoms with Crippen LogP contribution in [0.3, 0.4) is 0 Å². The Morgan fingerprint density at radius 2 is 2.32 bits per heavy atom. The van der Waals surface area contributed by atoms with Crippen LogP contribution in [0, 0.1) is 16.0 Å². The second kappa shape index (κ2) is 5.54. The molecule has 1 aromatic carbocycles. The average molecular weight is 265 g/mol. The van der Waals surface area contributed by atoms with Gasteiger partial charge in [0.05, 0.1) is 11.5 Å². The third kappa shape index (κ3) is 2.69. The molecule has 0 radical (unpaired) electrons. The molecule has 0 aromatic heterocycles. The van der Waals surface area contributed by atoms with Gasteiger partial charge in [-0.3, -0.25) is 15.0 Å². The lowest BCUT2D eigenvalue weighted by Crippen LogP contribution is -2.34. The van der Waals surface area contributed by atoms with Crippen LogP contribution in [0.5, 0.6) is 0 Å². The van der Waals surface area contributed by atoms with Crippen molar-refractivity contribution >= 4 is 11.4 Å². The smallest absolute Gasteiger partial charge is 0.292 e. The first kappa shape index (κ1) is 13.8. The van der Waals surface area contributed by atoms with Gasteiger partial charge in [0.25, 0.3) is 5.69 Å². The summed E-state index contributed by atoms with van der Waals surface area (Å²) >= 11 is 0. The maximum atomic E-state index is 10.9. The zero-order chi connectivity index (χ0) is 14.0. The van der Waals surface area contributed by atoms with E-state index in [0.717, 1.165) is 18.5 Å². The van der Waals surface area contributed by atoms with E-state index in [0.29, 0.717) is 12.5 Å². The van der Waals surface area contributed by atoms with Gasteiger partial charge in [-0.2, -0.15) is 0 Å². The Hall–Kier alpha value is -1.66. The van der Waals surface area contributed by atoms with Gasteiger partial charge in [0.1, 0.15) is 5.69 Å². The van der Waals surface area contributed by atoms with Gasteiger partial charge >= 0.3 is 0 Å². The standard InChI is InChI=1S/C13H19N3O3/c1-9-5-6-15(12(9)8-17)7-10-3-2-4-11(13(10)14)16(18)19/h2-4,9,12,17H,5-8,14H2,1H3. The Balaban J connectivity index is 2.20. The van der Waals surface area contributed by atoms with E-state index in [1.807, 2.05) is 0 Å². The van der Waals surface area contributed by atoms with Crippen molar-refractivity contribution in [3.63, 3.8) is 0 Å². The van der Waals surface area contributed by atoms with Gasteiger partial charge in [-0.25, -0.2) is 0 Å². The average Bonchev–Trinajstić information content (AvgIpc) is 2.72. The van der Waals surface area contributed by atoms with E-state index in [1.165, 1.54) is 6.07 Å². The minimum Gasteiger partial charge on any atom is -0.395 e. The van der Waals surface area contributed by atoms with Crippen LogP contribution in [0.1, 0.15) is 18.9 Å². The zero-order valence-electron chi connectivity index (χ0n) is 11.0. The molecule has 2 atom stereocenters. The van der Waals surface area contributed by atoms with Crippen LogP contribution in [0.15, 0.2) is 18.2 Å². The molecule has 104 valence electrons. The van der Waals surface area contributed by atoms with Crippen LogP contribution in [0.25, 0.3) is 0 Å². The molecular formula is C13H19N3O3. The fourth-order valence-electron chi connectivity index (χ4n) is 2.69. The number of para-hydroxylation sites is 1. The first-order valence-corrected chi connectivity index (χ1v) is 6.41. The number of rotatable bonds is 4. The molecule has 0 amide bonds. The lowest BCUT2D eigenvalue weighted by molar-refractivity contribution is -0.384. The highest BCUT2D eigenvalue weighted by Gasteiger charge is 2.31. The summed E-state index contributed by atoms with van der Waals surface area (Å²) in [6.45, 7) is 3.64. The van der Waals surface area contributed by atoms with Crippen molar-refractivity contribution in [3.05, 3.63) is 33.9 Å².